The molecule has 0 aliphatic carbocycles. The molecule has 0 unspecified atom stereocenters. The fourth-order valence-corrected chi connectivity index (χ4v) is 0.866. The lowest BCUT2D eigenvalue weighted by molar-refractivity contribution is 0.469. The Morgan fingerprint density at radius 1 is 1.20 bits per heavy atom. The van der Waals surface area contributed by atoms with Crippen LogP contribution in [0.15, 0.2) is 0 Å². The van der Waals surface area contributed by atoms with E-state index in [-0.39, 0.29) is 1.43 Å². The molecule has 10 heavy (non-hydrogen) atoms. The Kier molecular flexibility index (Phi) is 14.8. The fraction of sp³-hybridized carbons (Fsp3) is 1.00. The Labute approximate surface area is 67.7 Å². The normalized spacial score (nSPS) is 9.00. The number of rotatable bonds is 4. The molecule has 0 fully saturated rings. The summed E-state index contributed by atoms with van der Waals surface area (Å²) in [6.45, 7) is 9.66. The molecule has 0 rings (SSSR count). The molecule has 0 heterocycles. The summed E-state index contributed by atoms with van der Waals surface area (Å²) < 4.78 is 0. The molecule has 1 heteroatoms. The highest BCUT2D eigenvalue weighted by Gasteiger charge is 1.98. The van der Waals surface area contributed by atoms with Gasteiger partial charge in [-0.1, -0.05) is 40.5 Å². The van der Waals surface area contributed by atoms with E-state index in [9.17, 15) is 0 Å². The quantitative estimate of drug-likeness (QED) is 0.644. The molecule has 0 aromatic carbocycles. The van der Waals surface area contributed by atoms with Crippen molar-refractivity contribution in [3.05, 3.63) is 0 Å². The van der Waals surface area contributed by atoms with Gasteiger partial charge in [-0.2, -0.15) is 0 Å². The first-order valence-corrected chi connectivity index (χ1v) is 4.49. The maximum Gasteiger partial charge on any atom is 0 e. The summed E-state index contributed by atoms with van der Waals surface area (Å²) in [6, 6.07) is 0. The minimum absolute atomic E-state index is 0. The number of hydrogen-bond acceptors (Lipinski definition) is 1. The third-order valence-corrected chi connectivity index (χ3v) is 1.65. The molecule has 0 aromatic rings. The minimum atomic E-state index is 0. The standard InChI is InChI=1S/C7H17N.C2H6.H2/c1-4-7(5-2)6-8-3;1-2;/h7-8H,4-6H2,1-3H3;1-2H3;1H. The van der Waals surface area contributed by atoms with Gasteiger partial charge in [0.1, 0.15) is 0 Å². The minimum Gasteiger partial charge on any atom is -0.319 e. The van der Waals surface area contributed by atoms with E-state index in [0.717, 1.165) is 5.92 Å². The molecule has 0 bridgehead atoms. The Balaban J connectivity index is -0.000000196. The van der Waals surface area contributed by atoms with Crippen LogP contribution in [0.3, 0.4) is 0 Å². The van der Waals surface area contributed by atoms with Gasteiger partial charge in [0.15, 0.2) is 0 Å². The molecule has 0 aromatic heterocycles. The maximum atomic E-state index is 3.17. The van der Waals surface area contributed by atoms with Crippen LogP contribution >= 0.6 is 0 Å². The van der Waals surface area contributed by atoms with Crippen molar-refractivity contribution in [2.24, 2.45) is 5.92 Å². The van der Waals surface area contributed by atoms with Gasteiger partial charge in [0.05, 0.1) is 0 Å². The van der Waals surface area contributed by atoms with Crippen LogP contribution in [0.25, 0.3) is 0 Å². The maximum absolute atomic E-state index is 3.17. The van der Waals surface area contributed by atoms with Gasteiger partial charge in [0, 0.05) is 1.43 Å². The molecule has 0 amide bonds. The van der Waals surface area contributed by atoms with Gasteiger partial charge in [-0.15, -0.1) is 0 Å². The summed E-state index contributed by atoms with van der Waals surface area (Å²) in [7, 11) is 2.01. The van der Waals surface area contributed by atoms with E-state index in [1.807, 2.05) is 20.9 Å². The highest BCUT2D eigenvalue weighted by atomic mass is 14.8. The van der Waals surface area contributed by atoms with Crippen molar-refractivity contribution in [1.29, 1.82) is 0 Å². The van der Waals surface area contributed by atoms with Crippen LogP contribution in [0.1, 0.15) is 42.0 Å². The van der Waals surface area contributed by atoms with E-state index in [4.69, 9.17) is 0 Å². The van der Waals surface area contributed by atoms with Gasteiger partial charge < -0.3 is 5.32 Å². The van der Waals surface area contributed by atoms with Crippen molar-refractivity contribution in [1.82, 2.24) is 5.32 Å². The van der Waals surface area contributed by atoms with Gasteiger partial charge in [-0.25, -0.2) is 0 Å². The molecule has 1 N–H and O–H groups in total. The van der Waals surface area contributed by atoms with Crippen LogP contribution < -0.4 is 5.32 Å². The second-order valence-corrected chi connectivity index (χ2v) is 2.24. The van der Waals surface area contributed by atoms with Crippen molar-refractivity contribution in [3.63, 3.8) is 0 Å². The lowest BCUT2D eigenvalue weighted by Crippen LogP contribution is -2.17. The van der Waals surface area contributed by atoms with Crippen molar-refractivity contribution >= 4 is 0 Å². The number of nitrogens with one attached hydrogen (secondary N) is 1. The summed E-state index contributed by atoms with van der Waals surface area (Å²) in [5.74, 6) is 0.889. The van der Waals surface area contributed by atoms with Crippen LogP contribution in [0.5, 0.6) is 0 Å². The average Bonchev–Trinajstić information content (AvgIpc) is 2.04. The highest BCUT2D eigenvalue weighted by Crippen LogP contribution is 2.03. The largest absolute Gasteiger partial charge is 0.319 e. The highest BCUT2D eigenvalue weighted by molar-refractivity contribution is 4.54. The smallest absolute Gasteiger partial charge is 0 e. The predicted octanol–water partition coefficient (Wildman–Crippen LogP) is 2.91. The predicted molar refractivity (Wildman–Crippen MR) is 51.5 cm³/mol. The van der Waals surface area contributed by atoms with E-state index < -0.39 is 0 Å². The van der Waals surface area contributed by atoms with Crippen molar-refractivity contribution < 1.29 is 1.43 Å². The van der Waals surface area contributed by atoms with E-state index in [1.165, 1.54) is 19.4 Å². The Morgan fingerprint density at radius 3 is 1.70 bits per heavy atom. The Hall–Kier alpha value is -0.0400. The summed E-state index contributed by atoms with van der Waals surface area (Å²) >= 11 is 0. The zero-order chi connectivity index (χ0) is 8.41. The Morgan fingerprint density at radius 2 is 1.60 bits per heavy atom. The first-order valence-electron chi connectivity index (χ1n) is 4.49. The fourth-order valence-electron chi connectivity index (χ4n) is 0.866. The van der Waals surface area contributed by atoms with Crippen LogP contribution in [-0.2, 0) is 0 Å². The van der Waals surface area contributed by atoms with E-state index in [2.05, 4.69) is 19.2 Å². The second kappa shape index (κ2) is 11.7. The zero-order valence-electron chi connectivity index (χ0n) is 8.20. The molecule has 0 spiro atoms. The van der Waals surface area contributed by atoms with E-state index in [0.29, 0.717) is 0 Å². The monoisotopic (exact) mass is 147 g/mol. The molecule has 0 saturated heterocycles. The van der Waals surface area contributed by atoms with Gasteiger partial charge in [0.25, 0.3) is 0 Å². The lowest BCUT2D eigenvalue weighted by atomic mass is 10.0. The van der Waals surface area contributed by atoms with Gasteiger partial charge in [0.2, 0.25) is 0 Å². The first-order chi connectivity index (χ1) is 4.85. The van der Waals surface area contributed by atoms with Crippen LogP contribution in [-0.4, -0.2) is 13.6 Å². The van der Waals surface area contributed by atoms with E-state index >= 15 is 0 Å². The van der Waals surface area contributed by atoms with Gasteiger partial charge >= 0.3 is 0 Å². The summed E-state index contributed by atoms with van der Waals surface area (Å²) in [4.78, 5) is 0. The van der Waals surface area contributed by atoms with Crippen LogP contribution in [0.4, 0.5) is 0 Å². The van der Waals surface area contributed by atoms with Crippen molar-refractivity contribution in [3.8, 4) is 0 Å². The van der Waals surface area contributed by atoms with Gasteiger partial charge in [-0.05, 0) is 19.5 Å². The third kappa shape index (κ3) is 7.96. The summed E-state index contributed by atoms with van der Waals surface area (Å²) in [5.41, 5.74) is 0. The molecule has 0 saturated carbocycles. The molecule has 0 atom stereocenters. The number of hydrogen-bond donors (Lipinski definition) is 1. The SMILES string of the molecule is CC.CCC(CC)CNC.[HH]. The first kappa shape index (κ1) is 12.6. The van der Waals surface area contributed by atoms with Crippen LogP contribution in [0, 0.1) is 5.92 Å². The molecule has 1 nitrogen and oxygen atoms in total. The van der Waals surface area contributed by atoms with E-state index in [1.54, 1.807) is 0 Å². The zero-order valence-corrected chi connectivity index (χ0v) is 8.20. The summed E-state index contributed by atoms with van der Waals surface area (Å²) in [6.07, 6.45) is 2.61. The van der Waals surface area contributed by atoms with Crippen molar-refractivity contribution in [2.45, 2.75) is 40.5 Å². The topological polar surface area (TPSA) is 12.0 Å². The molecular weight excluding hydrogens is 122 g/mol. The molecular formula is C9H25N. The second-order valence-electron chi connectivity index (χ2n) is 2.24. The summed E-state index contributed by atoms with van der Waals surface area (Å²) in [5, 5.41) is 3.17. The third-order valence-electron chi connectivity index (χ3n) is 1.65. The molecule has 0 radical (unpaired) electrons. The lowest BCUT2D eigenvalue weighted by Gasteiger charge is -2.09. The molecule has 66 valence electrons. The average molecular weight is 147 g/mol. The van der Waals surface area contributed by atoms with Crippen LogP contribution in [0.2, 0.25) is 0 Å². The molecule has 0 aliphatic rings. The van der Waals surface area contributed by atoms with Crippen molar-refractivity contribution in [2.75, 3.05) is 13.6 Å². The molecule has 0 aliphatic heterocycles. The van der Waals surface area contributed by atoms with Gasteiger partial charge in [-0.3, -0.25) is 0 Å². The Bertz CT molecular complexity index is 44.8.